The Morgan fingerprint density at radius 2 is 2.25 bits per heavy atom. The molecule has 6 heteroatoms. The number of aryl methyl sites for hydroxylation is 2. The lowest BCUT2D eigenvalue weighted by molar-refractivity contribution is -0.117. The Kier molecular flexibility index (Phi) is 4.62. The fourth-order valence-electron chi connectivity index (χ4n) is 2.52. The molecule has 2 N–H and O–H groups in total. The SMILES string of the molecule is Cc1cc(C)c2nc(NC(=O)C3CCCN3)sc2c1.Cl. The van der Waals surface area contributed by atoms with E-state index in [1.54, 1.807) is 11.3 Å². The van der Waals surface area contributed by atoms with Gasteiger partial charge in [0.1, 0.15) is 0 Å². The molecule has 3 rings (SSSR count). The number of anilines is 1. The average Bonchev–Trinajstić information content (AvgIpc) is 2.96. The second kappa shape index (κ2) is 6.08. The van der Waals surface area contributed by atoms with Crippen LogP contribution in [-0.2, 0) is 4.79 Å². The number of hydrogen-bond donors (Lipinski definition) is 2. The number of rotatable bonds is 2. The summed E-state index contributed by atoms with van der Waals surface area (Å²) in [5.74, 6) is 0.0333. The molecule has 0 saturated carbocycles. The Balaban J connectivity index is 0.00000147. The van der Waals surface area contributed by atoms with Crippen molar-refractivity contribution in [2.45, 2.75) is 32.7 Å². The fraction of sp³-hybridized carbons (Fsp3) is 0.429. The monoisotopic (exact) mass is 311 g/mol. The molecule has 2 aromatic rings. The number of thiazole rings is 1. The molecular weight excluding hydrogens is 294 g/mol. The molecule has 1 aliphatic heterocycles. The fourth-order valence-corrected chi connectivity index (χ4v) is 3.57. The Morgan fingerprint density at radius 3 is 2.95 bits per heavy atom. The van der Waals surface area contributed by atoms with E-state index in [1.165, 1.54) is 5.56 Å². The highest BCUT2D eigenvalue weighted by molar-refractivity contribution is 7.22. The van der Waals surface area contributed by atoms with Crippen LogP contribution in [0.4, 0.5) is 5.13 Å². The third kappa shape index (κ3) is 2.95. The Labute approximate surface area is 128 Å². The number of benzene rings is 1. The molecule has 1 aliphatic rings. The van der Waals surface area contributed by atoms with E-state index < -0.39 is 0 Å². The van der Waals surface area contributed by atoms with E-state index >= 15 is 0 Å². The molecule has 0 aliphatic carbocycles. The summed E-state index contributed by atoms with van der Waals surface area (Å²) < 4.78 is 1.13. The van der Waals surface area contributed by atoms with Gasteiger partial charge in [0.25, 0.3) is 0 Å². The molecule has 0 radical (unpaired) electrons. The lowest BCUT2D eigenvalue weighted by Gasteiger charge is -2.08. The molecular formula is C14H18ClN3OS. The van der Waals surface area contributed by atoms with Gasteiger partial charge in [-0.05, 0) is 50.4 Å². The van der Waals surface area contributed by atoms with Crippen LogP contribution in [0.15, 0.2) is 12.1 Å². The lowest BCUT2D eigenvalue weighted by Crippen LogP contribution is -2.35. The van der Waals surface area contributed by atoms with Crippen LogP contribution in [0.1, 0.15) is 24.0 Å². The zero-order chi connectivity index (χ0) is 13.4. The molecule has 2 heterocycles. The first-order valence-corrected chi connectivity index (χ1v) is 7.37. The first-order chi connectivity index (χ1) is 9.13. The third-order valence-electron chi connectivity index (χ3n) is 3.44. The van der Waals surface area contributed by atoms with Crippen molar-refractivity contribution in [1.29, 1.82) is 0 Å². The number of nitrogens with zero attached hydrogens (tertiary/aromatic N) is 1. The zero-order valence-electron chi connectivity index (χ0n) is 11.5. The van der Waals surface area contributed by atoms with Crippen LogP contribution in [-0.4, -0.2) is 23.5 Å². The second-order valence-corrected chi connectivity index (χ2v) is 6.12. The van der Waals surface area contributed by atoms with Gasteiger partial charge in [0.15, 0.2) is 5.13 Å². The van der Waals surface area contributed by atoms with E-state index in [4.69, 9.17) is 0 Å². The predicted molar refractivity (Wildman–Crippen MR) is 86.0 cm³/mol. The highest BCUT2D eigenvalue weighted by Crippen LogP contribution is 2.29. The van der Waals surface area contributed by atoms with Crippen molar-refractivity contribution < 1.29 is 4.79 Å². The molecule has 20 heavy (non-hydrogen) atoms. The Bertz CT molecular complexity index is 635. The number of carbonyl (C=O) groups is 1. The van der Waals surface area contributed by atoms with Crippen molar-refractivity contribution in [2.24, 2.45) is 0 Å². The predicted octanol–water partition coefficient (Wildman–Crippen LogP) is 3.03. The normalized spacial score (nSPS) is 18.0. The molecule has 4 nitrogen and oxygen atoms in total. The van der Waals surface area contributed by atoms with Gasteiger partial charge in [-0.2, -0.15) is 0 Å². The summed E-state index contributed by atoms with van der Waals surface area (Å²) in [4.78, 5) is 16.6. The van der Waals surface area contributed by atoms with Crippen molar-refractivity contribution >= 4 is 45.0 Å². The van der Waals surface area contributed by atoms with E-state index in [0.717, 1.165) is 35.2 Å². The average molecular weight is 312 g/mol. The Hall–Kier alpha value is -1.17. The number of fused-ring (bicyclic) bond motifs is 1. The van der Waals surface area contributed by atoms with Crippen LogP contribution in [0.2, 0.25) is 0 Å². The standard InChI is InChI=1S/C14H17N3OS.ClH/c1-8-6-9(2)12-11(7-8)19-14(16-12)17-13(18)10-4-3-5-15-10;/h6-7,10,15H,3-5H2,1-2H3,(H,16,17,18);1H. The van der Waals surface area contributed by atoms with Crippen molar-refractivity contribution in [3.05, 3.63) is 23.3 Å². The maximum absolute atomic E-state index is 12.0. The maximum atomic E-state index is 12.0. The van der Waals surface area contributed by atoms with Gasteiger partial charge in [-0.3, -0.25) is 4.79 Å². The first-order valence-electron chi connectivity index (χ1n) is 6.55. The zero-order valence-corrected chi connectivity index (χ0v) is 13.2. The van der Waals surface area contributed by atoms with E-state index in [9.17, 15) is 4.79 Å². The van der Waals surface area contributed by atoms with Gasteiger partial charge in [0.2, 0.25) is 5.91 Å². The minimum Gasteiger partial charge on any atom is -0.306 e. The van der Waals surface area contributed by atoms with Crippen LogP contribution >= 0.6 is 23.7 Å². The largest absolute Gasteiger partial charge is 0.306 e. The van der Waals surface area contributed by atoms with Gasteiger partial charge in [-0.1, -0.05) is 17.4 Å². The molecule has 1 amide bonds. The molecule has 1 saturated heterocycles. The lowest BCUT2D eigenvalue weighted by atomic mass is 10.1. The van der Waals surface area contributed by atoms with Gasteiger partial charge in [0, 0.05) is 0 Å². The number of halogens is 1. The van der Waals surface area contributed by atoms with Crippen molar-refractivity contribution in [3.63, 3.8) is 0 Å². The van der Waals surface area contributed by atoms with E-state index in [-0.39, 0.29) is 24.4 Å². The number of amides is 1. The molecule has 0 bridgehead atoms. The molecule has 1 unspecified atom stereocenters. The van der Waals surface area contributed by atoms with Crippen molar-refractivity contribution in [3.8, 4) is 0 Å². The van der Waals surface area contributed by atoms with Gasteiger partial charge >= 0.3 is 0 Å². The van der Waals surface area contributed by atoms with E-state index in [0.29, 0.717) is 5.13 Å². The summed E-state index contributed by atoms with van der Waals surface area (Å²) >= 11 is 1.54. The van der Waals surface area contributed by atoms with Crippen LogP contribution < -0.4 is 10.6 Å². The molecule has 108 valence electrons. The molecule has 1 fully saturated rings. The quantitative estimate of drug-likeness (QED) is 0.896. The maximum Gasteiger partial charge on any atom is 0.243 e. The smallest absolute Gasteiger partial charge is 0.243 e. The van der Waals surface area contributed by atoms with E-state index in [1.807, 2.05) is 0 Å². The summed E-state index contributed by atoms with van der Waals surface area (Å²) in [6.45, 7) is 5.06. The second-order valence-electron chi connectivity index (χ2n) is 5.09. The highest BCUT2D eigenvalue weighted by atomic mass is 35.5. The third-order valence-corrected chi connectivity index (χ3v) is 4.35. The number of carbonyl (C=O) groups excluding carboxylic acids is 1. The summed E-state index contributed by atoms with van der Waals surface area (Å²) in [5.41, 5.74) is 3.38. The molecule has 1 atom stereocenters. The summed E-state index contributed by atoms with van der Waals surface area (Å²) in [7, 11) is 0. The van der Waals surface area contributed by atoms with Crippen LogP contribution in [0.5, 0.6) is 0 Å². The molecule has 0 spiro atoms. The van der Waals surface area contributed by atoms with E-state index in [2.05, 4.69) is 41.6 Å². The highest BCUT2D eigenvalue weighted by Gasteiger charge is 2.22. The molecule has 1 aromatic heterocycles. The van der Waals surface area contributed by atoms with Gasteiger partial charge in [-0.25, -0.2) is 4.98 Å². The molecule has 1 aromatic carbocycles. The number of nitrogens with one attached hydrogen (secondary N) is 2. The topological polar surface area (TPSA) is 54.0 Å². The van der Waals surface area contributed by atoms with Crippen molar-refractivity contribution in [2.75, 3.05) is 11.9 Å². The van der Waals surface area contributed by atoms with Gasteiger partial charge in [0.05, 0.1) is 16.3 Å². The van der Waals surface area contributed by atoms with Crippen LogP contribution in [0.25, 0.3) is 10.2 Å². The minimum absolute atomic E-state index is 0. The van der Waals surface area contributed by atoms with Crippen LogP contribution in [0, 0.1) is 13.8 Å². The number of aromatic nitrogens is 1. The number of hydrogen-bond acceptors (Lipinski definition) is 4. The summed E-state index contributed by atoms with van der Waals surface area (Å²) in [6.07, 6.45) is 1.98. The first kappa shape index (κ1) is 15.2. The minimum atomic E-state index is -0.0603. The Morgan fingerprint density at radius 1 is 1.45 bits per heavy atom. The van der Waals surface area contributed by atoms with Crippen LogP contribution in [0.3, 0.4) is 0 Å². The van der Waals surface area contributed by atoms with Crippen molar-refractivity contribution in [1.82, 2.24) is 10.3 Å². The van der Waals surface area contributed by atoms with Gasteiger partial charge < -0.3 is 10.6 Å². The summed E-state index contributed by atoms with van der Waals surface area (Å²) in [6, 6.07) is 4.17. The summed E-state index contributed by atoms with van der Waals surface area (Å²) in [5, 5.41) is 6.82. The van der Waals surface area contributed by atoms with Gasteiger partial charge in [-0.15, -0.1) is 12.4 Å².